The zero-order chi connectivity index (χ0) is 13.7. The summed E-state index contributed by atoms with van der Waals surface area (Å²) in [5.74, 6) is 0.490. The van der Waals surface area contributed by atoms with Gasteiger partial charge < -0.3 is 9.63 Å². The topological polar surface area (TPSA) is 79.5 Å². The van der Waals surface area contributed by atoms with Crippen molar-refractivity contribution in [1.29, 1.82) is 0 Å². The molecule has 1 heterocycles. The van der Waals surface area contributed by atoms with Crippen LogP contribution in [0.3, 0.4) is 0 Å². The minimum atomic E-state index is -0.848. The first-order valence-corrected chi connectivity index (χ1v) is 6.25. The molecule has 1 atom stereocenters. The van der Waals surface area contributed by atoms with Crippen LogP contribution in [0, 0.1) is 0 Å². The fraction of sp³-hybridized carbons (Fsp3) is 0.750. The van der Waals surface area contributed by atoms with Gasteiger partial charge in [0.05, 0.1) is 12.6 Å². The zero-order valence-electron chi connectivity index (χ0n) is 11.4. The Balaban J connectivity index is 2.79. The van der Waals surface area contributed by atoms with Crippen molar-refractivity contribution in [2.75, 3.05) is 13.1 Å². The third kappa shape index (κ3) is 3.80. The summed E-state index contributed by atoms with van der Waals surface area (Å²) in [5, 5.41) is 12.8. The van der Waals surface area contributed by atoms with Gasteiger partial charge in [0.2, 0.25) is 5.89 Å². The Hall–Kier alpha value is -1.43. The molecule has 6 heteroatoms. The summed E-state index contributed by atoms with van der Waals surface area (Å²) in [6.45, 7) is 8.53. The molecule has 6 nitrogen and oxygen atoms in total. The second-order valence-electron chi connectivity index (χ2n) is 4.69. The molecule has 0 bridgehead atoms. The first-order valence-electron chi connectivity index (χ1n) is 6.25. The van der Waals surface area contributed by atoms with Gasteiger partial charge in [-0.1, -0.05) is 25.9 Å². The van der Waals surface area contributed by atoms with Crippen LogP contribution in [0.1, 0.15) is 57.8 Å². The molecule has 1 N–H and O–H groups in total. The number of hydrogen-bond donors (Lipinski definition) is 1. The smallest absolute Gasteiger partial charge is 0.317 e. The molecular formula is C12H21N3O3. The summed E-state index contributed by atoms with van der Waals surface area (Å²) in [7, 11) is 0. The molecular weight excluding hydrogens is 234 g/mol. The number of aliphatic carboxylic acids is 1. The van der Waals surface area contributed by atoms with E-state index < -0.39 is 5.97 Å². The number of hydrogen-bond acceptors (Lipinski definition) is 5. The Kier molecular flexibility index (Phi) is 5.27. The van der Waals surface area contributed by atoms with E-state index in [1.54, 1.807) is 0 Å². The van der Waals surface area contributed by atoms with E-state index in [2.05, 4.69) is 10.1 Å². The molecule has 0 aromatic carbocycles. The Bertz CT molecular complexity index is 390. The molecule has 0 saturated heterocycles. The van der Waals surface area contributed by atoms with Crippen LogP contribution in [0.15, 0.2) is 4.52 Å². The Labute approximate surface area is 107 Å². The highest BCUT2D eigenvalue weighted by molar-refractivity contribution is 5.69. The van der Waals surface area contributed by atoms with Crippen molar-refractivity contribution in [2.45, 2.75) is 46.1 Å². The highest BCUT2D eigenvalue weighted by atomic mass is 16.5. The number of carboxylic acids is 1. The zero-order valence-corrected chi connectivity index (χ0v) is 11.4. The van der Waals surface area contributed by atoms with Crippen LogP contribution in [-0.4, -0.2) is 39.2 Å². The van der Waals surface area contributed by atoms with Gasteiger partial charge in [-0.2, -0.15) is 4.98 Å². The van der Waals surface area contributed by atoms with Gasteiger partial charge in [-0.15, -0.1) is 0 Å². The summed E-state index contributed by atoms with van der Waals surface area (Å²) < 4.78 is 5.20. The van der Waals surface area contributed by atoms with E-state index in [-0.39, 0.29) is 18.5 Å². The van der Waals surface area contributed by atoms with E-state index >= 15 is 0 Å². The van der Waals surface area contributed by atoms with E-state index in [4.69, 9.17) is 9.63 Å². The maximum absolute atomic E-state index is 10.8. The van der Waals surface area contributed by atoms with Gasteiger partial charge in [-0.25, -0.2) is 0 Å². The fourth-order valence-corrected chi connectivity index (χ4v) is 1.68. The molecule has 0 fully saturated rings. The average Bonchev–Trinajstić information content (AvgIpc) is 2.76. The molecule has 18 heavy (non-hydrogen) atoms. The standard InChI is InChI=1S/C12H21N3O3/c1-5-6-15(7-10(16)17)9(4)12-13-11(8(2)3)14-18-12/h8-9H,5-7H2,1-4H3,(H,16,17). The van der Waals surface area contributed by atoms with Gasteiger partial charge in [-0.05, 0) is 19.9 Å². The molecule has 0 aliphatic heterocycles. The number of carbonyl (C=O) groups is 1. The molecule has 0 saturated carbocycles. The van der Waals surface area contributed by atoms with Crippen molar-refractivity contribution >= 4 is 5.97 Å². The lowest BCUT2D eigenvalue weighted by Gasteiger charge is -2.23. The van der Waals surface area contributed by atoms with Crippen molar-refractivity contribution in [3.63, 3.8) is 0 Å². The summed E-state index contributed by atoms with van der Waals surface area (Å²) in [4.78, 5) is 17.0. The Morgan fingerprint density at radius 3 is 2.56 bits per heavy atom. The third-order valence-electron chi connectivity index (χ3n) is 2.73. The summed E-state index contributed by atoms with van der Waals surface area (Å²) in [5.41, 5.74) is 0. The van der Waals surface area contributed by atoms with Gasteiger partial charge in [-0.3, -0.25) is 9.69 Å². The molecule has 0 radical (unpaired) electrons. The van der Waals surface area contributed by atoms with Crippen LogP contribution in [0.5, 0.6) is 0 Å². The summed E-state index contributed by atoms with van der Waals surface area (Å²) in [6.07, 6.45) is 0.878. The molecule has 0 spiro atoms. The fourth-order valence-electron chi connectivity index (χ4n) is 1.68. The summed E-state index contributed by atoms with van der Waals surface area (Å²) >= 11 is 0. The molecule has 1 aromatic rings. The quantitative estimate of drug-likeness (QED) is 0.803. The SMILES string of the molecule is CCCN(CC(=O)O)C(C)c1nc(C(C)C)no1. The molecule has 102 valence electrons. The molecule has 1 unspecified atom stereocenters. The van der Waals surface area contributed by atoms with Crippen LogP contribution in [0.4, 0.5) is 0 Å². The van der Waals surface area contributed by atoms with Crippen LogP contribution in [0.2, 0.25) is 0 Å². The van der Waals surface area contributed by atoms with E-state index in [9.17, 15) is 4.79 Å². The van der Waals surface area contributed by atoms with Crippen LogP contribution < -0.4 is 0 Å². The van der Waals surface area contributed by atoms with Gasteiger partial charge in [0, 0.05) is 5.92 Å². The van der Waals surface area contributed by atoms with Crippen LogP contribution in [-0.2, 0) is 4.79 Å². The monoisotopic (exact) mass is 255 g/mol. The van der Waals surface area contributed by atoms with Crippen molar-refractivity contribution in [2.24, 2.45) is 0 Å². The lowest BCUT2D eigenvalue weighted by atomic mass is 10.2. The van der Waals surface area contributed by atoms with Crippen LogP contribution in [0.25, 0.3) is 0 Å². The third-order valence-corrected chi connectivity index (χ3v) is 2.73. The van der Waals surface area contributed by atoms with Crippen molar-refractivity contribution in [1.82, 2.24) is 15.0 Å². The second-order valence-corrected chi connectivity index (χ2v) is 4.69. The highest BCUT2D eigenvalue weighted by Gasteiger charge is 2.23. The van der Waals surface area contributed by atoms with Crippen molar-refractivity contribution in [3.8, 4) is 0 Å². The maximum Gasteiger partial charge on any atom is 0.317 e. The van der Waals surface area contributed by atoms with Gasteiger partial charge in [0.1, 0.15) is 0 Å². The van der Waals surface area contributed by atoms with Crippen molar-refractivity contribution < 1.29 is 14.4 Å². The van der Waals surface area contributed by atoms with Gasteiger partial charge in [0.25, 0.3) is 0 Å². The number of carboxylic acid groups (broad SMARTS) is 1. The van der Waals surface area contributed by atoms with E-state index in [1.165, 1.54) is 0 Å². The summed E-state index contributed by atoms with van der Waals surface area (Å²) in [6, 6.07) is -0.180. The first-order chi connectivity index (χ1) is 8.45. The number of rotatable bonds is 7. The van der Waals surface area contributed by atoms with E-state index in [1.807, 2.05) is 32.6 Å². The van der Waals surface area contributed by atoms with E-state index in [0.717, 1.165) is 6.42 Å². The molecule has 1 aromatic heterocycles. The van der Waals surface area contributed by atoms with Crippen LogP contribution >= 0.6 is 0 Å². The Morgan fingerprint density at radius 1 is 1.44 bits per heavy atom. The lowest BCUT2D eigenvalue weighted by Crippen LogP contribution is -2.33. The highest BCUT2D eigenvalue weighted by Crippen LogP contribution is 2.20. The molecule has 1 rings (SSSR count). The molecule has 0 amide bonds. The molecule has 0 aliphatic carbocycles. The predicted octanol–water partition coefficient (Wildman–Crippen LogP) is 2.05. The predicted molar refractivity (Wildman–Crippen MR) is 66.3 cm³/mol. The van der Waals surface area contributed by atoms with Gasteiger partial charge >= 0.3 is 5.97 Å². The maximum atomic E-state index is 10.8. The molecule has 0 aliphatic rings. The lowest BCUT2D eigenvalue weighted by molar-refractivity contribution is -0.139. The van der Waals surface area contributed by atoms with Gasteiger partial charge in [0.15, 0.2) is 5.82 Å². The van der Waals surface area contributed by atoms with Crippen molar-refractivity contribution in [3.05, 3.63) is 11.7 Å². The van der Waals surface area contributed by atoms with E-state index in [0.29, 0.717) is 18.3 Å². The second kappa shape index (κ2) is 6.49. The average molecular weight is 255 g/mol. The normalized spacial score (nSPS) is 13.2. The largest absolute Gasteiger partial charge is 0.480 e. The number of nitrogens with zero attached hydrogens (tertiary/aromatic N) is 3. The Morgan fingerprint density at radius 2 is 2.11 bits per heavy atom. The minimum absolute atomic E-state index is 0.0194. The number of aromatic nitrogens is 2. The first kappa shape index (κ1) is 14.6. The minimum Gasteiger partial charge on any atom is -0.480 e.